The highest BCUT2D eigenvalue weighted by atomic mass is 79.9. The normalized spacial score (nSPS) is 17.4. The van der Waals surface area contributed by atoms with Gasteiger partial charge in [0.2, 0.25) is 5.91 Å². The summed E-state index contributed by atoms with van der Waals surface area (Å²) in [6.45, 7) is 2.05. The van der Waals surface area contributed by atoms with Crippen molar-refractivity contribution in [3.63, 3.8) is 0 Å². The summed E-state index contributed by atoms with van der Waals surface area (Å²) < 4.78 is 6.39. The van der Waals surface area contributed by atoms with Crippen molar-refractivity contribution in [2.45, 2.75) is 25.4 Å². The molecule has 1 aliphatic rings. The van der Waals surface area contributed by atoms with Gasteiger partial charge in [-0.3, -0.25) is 4.79 Å². The molecule has 2 heterocycles. The highest BCUT2D eigenvalue weighted by Gasteiger charge is 2.28. The third-order valence-corrected chi connectivity index (χ3v) is 5.07. The van der Waals surface area contributed by atoms with Crippen LogP contribution in [0, 0.1) is 5.92 Å². The molecule has 114 valence electrons. The van der Waals surface area contributed by atoms with E-state index in [9.17, 15) is 4.79 Å². The van der Waals surface area contributed by atoms with Crippen molar-refractivity contribution in [3.05, 3.63) is 20.8 Å². The van der Waals surface area contributed by atoms with E-state index in [0.717, 1.165) is 21.5 Å². The molecule has 0 aliphatic carbocycles. The molecule has 0 aromatic carbocycles. The molecule has 20 heavy (non-hydrogen) atoms. The van der Waals surface area contributed by atoms with Crippen molar-refractivity contribution >= 4 is 45.6 Å². The largest absolute Gasteiger partial charge is 0.381 e. The zero-order chi connectivity index (χ0) is 13.8. The van der Waals surface area contributed by atoms with Gasteiger partial charge in [0, 0.05) is 25.1 Å². The van der Waals surface area contributed by atoms with Crippen LogP contribution in [0.15, 0.2) is 15.9 Å². The summed E-state index contributed by atoms with van der Waals surface area (Å²) in [6.07, 6.45) is 1.76. The maximum Gasteiger partial charge on any atom is 0.239 e. The third kappa shape index (κ3) is 4.70. The molecular formula is C13H20BrClN2O2S. The van der Waals surface area contributed by atoms with Gasteiger partial charge in [-0.15, -0.1) is 23.7 Å². The van der Waals surface area contributed by atoms with Crippen LogP contribution in [0.5, 0.6) is 0 Å². The van der Waals surface area contributed by atoms with Gasteiger partial charge >= 0.3 is 0 Å². The molecule has 2 rings (SSSR count). The number of nitrogens with two attached hydrogens (primary N) is 1. The van der Waals surface area contributed by atoms with Crippen molar-refractivity contribution < 1.29 is 9.53 Å². The second-order valence-corrected chi connectivity index (χ2v) is 7.42. The van der Waals surface area contributed by atoms with Gasteiger partial charge in [0.1, 0.15) is 0 Å². The average molecular weight is 384 g/mol. The fourth-order valence-electron chi connectivity index (χ4n) is 2.28. The van der Waals surface area contributed by atoms with Gasteiger partial charge in [0.25, 0.3) is 0 Å². The maximum absolute atomic E-state index is 12.3. The van der Waals surface area contributed by atoms with Crippen LogP contribution in [0.25, 0.3) is 0 Å². The number of amides is 1. The van der Waals surface area contributed by atoms with E-state index < -0.39 is 6.04 Å². The van der Waals surface area contributed by atoms with Gasteiger partial charge in [-0.05, 0) is 46.8 Å². The Morgan fingerprint density at radius 3 is 2.75 bits per heavy atom. The molecule has 7 heteroatoms. The molecule has 1 aromatic heterocycles. The number of likely N-dealkylation sites (N-methyl/N-ethyl adjacent to an activating group) is 1. The highest BCUT2D eigenvalue weighted by Crippen LogP contribution is 2.24. The lowest BCUT2D eigenvalue weighted by atomic mass is 9.91. The van der Waals surface area contributed by atoms with Gasteiger partial charge in [-0.2, -0.15) is 0 Å². The van der Waals surface area contributed by atoms with Gasteiger partial charge < -0.3 is 15.4 Å². The van der Waals surface area contributed by atoms with Gasteiger partial charge in [-0.1, -0.05) is 0 Å². The summed E-state index contributed by atoms with van der Waals surface area (Å²) in [5.41, 5.74) is 6.10. The zero-order valence-electron chi connectivity index (χ0n) is 11.4. The standard InChI is InChI=1S/C13H19BrN2O2S.ClH/c1-16(8-10-2-3-11(14)19-10)13(17)12(15)9-4-6-18-7-5-9;/h2-3,9,12H,4-8,15H2,1H3;1H. The van der Waals surface area contributed by atoms with Crippen LogP contribution in [0.2, 0.25) is 0 Å². The van der Waals surface area contributed by atoms with E-state index in [2.05, 4.69) is 15.9 Å². The van der Waals surface area contributed by atoms with Crippen molar-refractivity contribution in [3.8, 4) is 0 Å². The lowest BCUT2D eigenvalue weighted by Gasteiger charge is -2.29. The van der Waals surface area contributed by atoms with Crippen LogP contribution in [0.4, 0.5) is 0 Å². The first-order valence-electron chi connectivity index (χ1n) is 6.40. The van der Waals surface area contributed by atoms with Gasteiger partial charge in [0.05, 0.1) is 16.4 Å². The van der Waals surface area contributed by atoms with Crippen molar-refractivity contribution in [2.75, 3.05) is 20.3 Å². The summed E-state index contributed by atoms with van der Waals surface area (Å²) in [6, 6.07) is 3.62. The number of carbonyl (C=O) groups excluding carboxylic acids is 1. The average Bonchev–Trinajstić information content (AvgIpc) is 2.83. The van der Waals surface area contributed by atoms with Crippen LogP contribution in [-0.2, 0) is 16.1 Å². The fraction of sp³-hybridized carbons (Fsp3) is 0.615. The molecule has 0 spiro atoms. The number of ether oxygens (including phenoxy) is 1. The number of hydrogen-bond acceptors (Lipinski definition) is 4. The lowest BCUT2D eigenvalue weighted by Crippen LogP contribution is -2.47. The Labute approximate surface area is 138 Å². The Morgan fingerprint density at radius 1 is 1.55 bits per heavy atom. The summed E-state index contributed by atoms with van der Waals surface area (Å²) >= 11 is 5.07. The minimum Gasteiger partial charge on any atom is -0.381 e. The Morgan fingerprint density at radius 2 is 2.20 bits per heavy atom. The Bertz CT molecular complexity index is 438. The van der Waals surface area contributed by atoms with Gasteiger partial charge in [0.15, 0.2) is 0 Å². The van der Waals surface area contributed by atoms with E-state index in [1.807, 2.05) is 19.2 Å². The lowest BCUT2D eigenvalue weighted by molar-refractivity contribution is -0.133. The van der Waals surface area contributed by atoms with E-state index in [4.69, 9.17) is 10.5 Å². The van der Waals surface area contributed by atoms with Crippen LogP contribution >= 0.6 is 39.7 Å². The van der Waals surface area contributed by atoms with Crippen molar-refractivity contribution in [1.29, 1.82) is 0 Å². The topological polar surface area (TPSA) is 55.6 Å². The molecule has 1 saturated heterocycles. The first-order valence-corrected chi connectivity index (χ1v) is 8.01. The van der Waals surface area contributed by atoms with Crippen LogP contribution in [0.3, 0.4) is 0 Å². The molecule has 4 nitrogen and oxygen atoms in total. The maximum atomic E-state index is 12.3. The first kappa shape index (κ1) is 17.9. The minimum atomic E-state index is -0.405. The number of hydrogen-bond donors (Lipinski definition) is 1. The van der Waals surface area contributed by atoms with E-state index in [1.54, 1.807) is 16.2 Å². The predicted molar refractivity (Wildman–Crippen MR) is 87.3 cm³/mol. The molecule has 1 aromatic rings. The minimum absolute atomic E-state index is 0. The number of thiophene rings is 1. The quantitative estimate of drug-likeness (QED) is 0.869. The van der Waals surface area contributed by atoms with Crippen molar-refractivity contribution in [2.24, 2.45) is 11.7 Å². The molecule has 1 amide bonds. The number of carbonyl (C=O) groups is 1. The third-order valence-electron chi connectivity index (χ3n) is 3.46. The van der Waals surface area contributed by atoms with Crippen molar-refractivity contribution in [1.82, 2.24) is 4.90 Å². The Kier molecular flexibility index (Phi) is 7.47. The summed E-state index contributed by atoms with van der Waals surface area (Å²) in [7, 11) is 1.81. The molecule has 1 atom stereocenters. The van der Waals surface area contributed by atoms with Gasteiger partial charge in [-0.25, -0.2) is 0 Å². The molecule has 0 radical (unpaired) electrons. The van der Waals surface area contributed by atoms with E-state index >= 15 is 0 Å². The van der Waals surface area contributed by atoms with E-state index in [0.29, 0.717) is 19.8 Å². The van der Waals surface area contributed by atoms with Crippen LogP contribution in [0.1, 0.15) is 17.7 Å². The highest BCUT2D eigenvalue weighted by molar-refractivity contribution is 9.11. The Hall–Kier alpha value is -0.140. The number of rotatable bonds is 4. The number of nitrogens with zero attached hydrogens (tertiary/aromatic N) is 1. The second-order valence-electron chi connectivity index (χ2n) is 4.88. The van der Waals surface area contributed by atoms with E-state index in [1.165, 1.54) is 0 Å². The molecular weight excluding hydrogens is 364 g/mol. The fourth-order valence-corrected chi connectivity index (χ4v) is 3.82. The molecule has 1 fully saturated rings. The second kappa shape index (κ2) is 8.34. The van der Waals surface area contributed by atoms with E-state index in [-0.39, 0.29) is 24.2 Å². The smallest absolute Gasteiger partial charge is 0.239 e. The zero-order valence-corrected chi connectivity index (χ0v) is 14.6. The monoisotopic (exact) mass is 382 g/mol. The molecule has 2 N–H and O–H groups in total. The van der Waals surface area contributed by atoms with Crippen LogP contribution < -0.4 is 5.73 Å². The summed E-state index contributed by atoms with van der Waals surface area (Å²) in [5.74, 6) is 0.273. The molecule has 1 aliphatic heterocycles. The SMILES string of the molecule is CN(Cc1ccc(Br)s1)C(=O)C(N)C1CCOCC1.Cl. The molecule has 0 bridgehead atoms. The summed E-state index contributed by atoms with van der Waals surface area (Å²) in [5, 5.41) is 0. The first-order chi connectivity index (χ1) is 9.08. The number of halogens is 2. The summed E-state index contributed by atoms with van der Waals surface area (Å²) in [4.78, 5) is 15.2. The molecule has 0 saturated carbocycles. The molecule has 1 unspecified atom stereocenters. The Balaban J connectivity index is 0.00000200. The predicted octanol–water partition coefficient (Wildman–Crippen LogP) is 2.64. The van der Waals surface area contributed by atoms with Crippen LogP contribution in [-0.4, -0.2) is 37.1 Å².